The summed E-state index contributed by atoms with van der Waals surface area (Å²) in [5.74, 6) is 0.850. The average Bonchev–Trinajstić information content (AvgIpc) is 2.52. The van der Waals surface area contributed by atoms with E-state index in [9.17, 15) is 0 Å². The molecular formula is C12H23Cl. The maximum absolute atomic E-state index is 6.22. The molecule has 1 fully saturated rings. The average molecular weight is 203 g/mol. The highest BCUT2D eigenvalue weighted by Gasteiger charge is 2.24. The fourth-order valence-electron chi connectivity index (χ4n) is 2.33. The topological polar surface area (TPSA) is 0 Å². The molecule has 0 aromatic carbocycles. The summed E-state index contributed by atoms with van der Waals surface area (Å²) < 4.78 is 0. The van der Waals surface area contributed by atoms with E-state index in [1.165, 1.54) is 57.8 Å². The first-order valence-electron chi connectivity index (χ1n) is 5.98. The Balaban J connectivity index is 1.93. The summed E-state index contributed by atoms with van der Waals surface area (Å²) in [7, 11) is 0. The Morgan fingerprint density at radius 3 is 2.46 bits per heavy atom. The molecule has 1 rings (SSSR count). The van der Waals surface area contributed by atoms with Gasteiger partial charge in [0.2, 0.25) is 0 Å². The second kappa shape index (κ2) is 6.70. The Morgan fingerprint density at radius 2 is 1.85 bits per heavy atom. The molecule has 0 N–H and O–H groups in total. The van der Waals surface area contributed by atoms with Crippen LogP contribution in [0.2, 0.25) is 0 Å². The molecular weight excluding hydrogens is 180 g/mol. The molecule has 78 valence electrons. The van der Waals surface area contributed by atoms with Crippen LogP contribution in [0.25, 0.3) is 0 Å². The van der Waals surface area contributed by atoms with E-state index in [-0.39, 0.29) is 0 Å². The largest absolute Gasteiger partial charge is 0.123 e. The van der Waals surface area contributed by atoms with Crippen molar-refractivity contribution < 1.29 is 0 Å². The third-order valence-corrected chi connectivity index (χ3v) is 3.82. The van der Waals surface area contributed by atoms with Gasteiger partial charge in [-0.2, -0.15) is 0 Å². The van der Waals surface area contributed by atoms with Gasteiger partial charge >= 0.3 is 0 Å². The van der Waals surface area contributed by atoms with Crippen LogP contribution in [-0.2, 0) is 0 Å². The first kappa shape index (κ1) is 11.4. The van der Waals surface area contributed by atoms with Gasteiger partial charge < -0.3 is 0 Å². The highest BCUT2D eigenvalue weighted by molar-refractivity contribution is 6.20. The molecule has 0 aromatic heterocycles. The quantitative estimate of drug-likeness (QED) is 0.431. The highest BCUT2D eigenvalue weighted by atomic mass is 35.5. The van der Waals surface area contributed by atoms with Crippen molar-refractivity contribution in [2.75, 3.05) is 0 Å². The van der Waals surface area contributed by atoms with Crippen molar-refractivity contribution in [3.63, 3.8) is 0 Å². The van der Waals surface area contributed by atoms with Crippen LogP contribution >= 0.6 is 11.6 Å². The van der Waals surface area contributed by atoms with Gasteiger partial charge in [0.15, 0.2) is 0 Å². The van der Waals surface area contributed by atoms with Gasteiger partial charge in [0.1, 0.15) is 0 Å². The third-order valence-electron chi connectivity index (χ3n) is 3.24. The molecule has 13 heavy (non-hydrogen) atoms. The number of hydrogen-bond acceptors (Lipinski definition) is 0. The third kappa shape index (κ3) is 4.35. The molecule has 0 aliphatic heterocycles. The minimum Gasteiger partial charge on any atom is -0.123 e. The molecule has 0 radical (unpaired) electrons. The van der Waals surface area contributed by atoms with Gasteiger partial charge in [-0.25, -0.2) is 0 Å². The summed E-state index contributed by atoms with van der Waals surface area (Å²) >= 11 is 6.22. The lowest BCUT2D eigenvalue weighted by Gasteiger charge is -2.12. The predicted molar refractivity (Wildman–Crippen MR) is 60.4 cm³/mol. The molecule has 1 saturated carbocycles. The lowest BCUT2D eigenvalue weighted by Crippen LogP contribution is -2.06. The summed E-state index contributed by atoms with van der Waals surface area (Å²) in [6.45, 7) is 2.27. The molecule has 0 aromatic rings. The molecule has 2 unspecified atom stereocenters. The van der Waals surface area contributed by atoms with E-state index < -0.39 is 0 Å². The molecule has 0 saturated heterocycles. The van der Waals surface area contributed by atoms with Crippen LogP contribution in [0.4, 0.5) is 0 Å². The molecule has 0 bridgehead atoms. The molecule has 0 spiro atoms. The van der Waals surface area contributed by atoms with Crippen molar-refractivity contribution in [1.82, 2.24) is 0 Å². The minimum absolute atomic E-state index is 0.506. The summed E-state index contributed by atoms with van der Waals surface area (Å²) in [6.07, 6.45) is 12.4. The molecule has 2 atom stereocenters. The minimum atomic E-state index is 0.506. The number of unbranched alkanes of at least 4 members (excludes halogenated alkanes) is 4. The summed E-state index contributed by atoms with van der Waals surface area (Å²) in [4.78, 5) is 0. The standard InChI is InChI=1S/C12H23Cl/c1-2-3-4-5-6-8-11-9-7-10-12(11)13/h11-12H,2-10H2,1H3. The van der Waals surface area contributed by atoms with Crippen LogP contribution in [0, 0.1) is 5.92 Å². The van der Waals surface area contributed by atoms with E-state index in [2.05, 4.69) is 6.92 Å². The van der Waals surface area contributed by atoms with E-state index in [1.807, 2.05) is 0 Å². The molecule has 1 aliphatic carbocycles. The van der Waals surface area contributed by atoms with E-state index >= 15 is 0 Å². The zero-order valence-electron chi connectivity index (χ0n) is 8.90. The van der Waals surface area contributed by atoms with Gasteiger partial charge in [-0.05, 0) is 25.2 Å². The Hall–Kier alpha value is 0.290. The van der Waals surface area contributed by atoms with Crippen molar-refractivity contribution in [2.24, 2.45) is 5.92 Å². The molecule has 0 amide bonds. The number of alkyl halides is 1. The molecule has 1 heteroatoms. The van der Waals surface area contributed by atoms with E-state index in [0.717, 1.165) is 5.92 Å². The normalized spacial score (nSPS) is 28.2. The van der Waals surface area contributed by atoms with Crippen LogP contribution in [0.5, 0.6) is 0 Å². The van der Waals surface area contributed by atoms with Crippen LogP contribution in [-0.4, -0.2) is 5.38 Å². The van der Waals surface area contributed by atoms with Crippen LogP contribution in [0.3, 0.4) is 0 Å². The van der Waals surface area contributed by atoms with Gasteiger partial charge in [-0.1, -0.05) is 45.4 Å². The SMILES string of the molecule is CCCCCCCC1CCCC1Cl. The number of hydrogen-bond donors (Lipinski definition) is 0. The van der Waals surface area contributed by atoms with Gasteiger partial charge in [0.25, 0.3) is 0 Å². The van der Waals surface area contributed by atoms with Gasteiger partial charge in [-0.15, -0.1) is 11.6 Å². The fraction of sp³-hybridized carbons (Fsp3) is 1.00. The van der Waals surface area contributed by atoms with Crippen molar-refractivity contribution in [3.8, 4) is 0 Å². The zero-order valence-corrected chi connectivity index (χ0v) is 9.65. The highest BCUT2D eigenvalue weighted by Crippen LogP contribution is 2.33. The predicted octanol–water partition coefficient (Wildman–Crippen LogP) is 4.75. The Kier molecular flexibility index (Phi) is 5.86. The Labute approximate surface area is 88.1 Å². The van der Waals surface area contributed by atoms with Gasteiger partial charge in [-0.3, -0.25) is 0 Å². The zero-order chi connectivity index (χ0) is 9.52. The second-order valence-electron chi connectivity index (χ2n) is 4.41. The van der Waals surface area contributed by atoms with Crippen LogP contribution in [0.15, 0.2) is 0 Å². The van der Waals surface area contributed by atoms with Crippen molar-refractivity contribution >= 4 is 11.6 Å². The number of rotatable bonds is 6. The molecule has 1 aliphatic rings. The van der Waals surface area contributed by atoms with E-state index in [1.54, 1.807) is 0 Å². The summed E-state index contributed by atoms with van der Waals surface area (Å²) in [6, 6.07) is 0. The van der Waals surface area contributed by atoms with Crippen LogP contribution < -0.4 is 0 Å². The lowest BCUT2D eigenvalue weighted by atomic mass is 9.99. The summed E-state index contributed by atoms with van der Waals surface area (Å²) in [5.41, 5.74) is 0. The Morgan fingerprint density at radius 1 is 1.08 bits per heavy atom. The second-order valence-corrected chi connectivity index (χ2v) is 4.97. The monoisotopic (exact) mass is 202 g/mol. The fourth-order valence-corrected chi connectivity index (χ4v) is 2.73. The van der Waals surface area contributed by atoms with Crippen LogP contribution in [0.1, 0.15) is 64.7 Å². The smallest absolute Gasteiger partial charge is 0.0364 e. The van der Waals surface area contributed by atoms with Crippen molar-refractivity contribution in [2.45, 2.75) is 70.1 Å². The molecule has 0 nitrogen and oxygen atoms in total. The van der Waals surface area contributed by atoms with E-state index in [0.29, 0.717) is 5.38 Å². The van der Waals surface area contributed by atoms with Gasteiger partial charge in [0.05, 0.1) is 0 Å². The summed E-state index contributed by atoms with van der Waals surface area (Å²) in [5, 5.41) is 0.506. The van der Waals surface area contributed by atoms with Gasteiger partial charge in [0, 0.05) is 5.38 Å². The van der Waals surface area contributed by atoms with E-state index in [4.69, 9.17) is 11.6 Å². The first-order valence-corrected chi connectivity index (χ1v) is 6.42. The first-order chi connectivity index (χ1) is 6.34. The van der Waals surface area contributed by atoms with Crippen molar-refractivity contribution in [3.05, 3.63) is 0 Å². The molecule has 0 heterocycles. The Bertz CT molecular complexity index is 122. The van der Waals surface area contributed by atoms with Crippen molar-refractivity contribution in [1.29, 1.82) is 0 Å². The number of halogens is 1. The lowest BCUT2D eigenvalue weighted by molar-refractivity contribution is 0.468. The maximum Gasteiger partial charge on any atom is 0.0364 e. The maximum atomic E-state index is 6.22.